The summed E-state index contributed by atoms with van der Waals surface area (Å²) in [6.45, 7) is 0.639. The van der Waals surface area contributed by atoms with Crippen molar-refractivity contribution in [1.29, 1.82) is 0 Å². The first kappa shape index (κ1) is 12.6. The summed E-state index contributed by atoms with van der Waals surface area (Å²) < 4.78 is 5.56. The zero-order valence-corrected chi connectivity index (χ0v) is 11.9. The summed E-state index contributed by atoms with van der Waals surface area (Å²) in [5.74, 6) is 0.907. The van der Waals surface area contributed by atoms with E-state index in [4.69, 9.17) is 4.42 Å². The van der Waals surface area contributed by atoms with Crippen molar-refractivity contribution in [1.82, 2.24) is 4.90 Å². The van der Waals surface area contributed by atoms with Gasteiger partial charge in [-0.1, -0.05) is 24.3 Å². The maximum atomic E-state index is 10.3. The van der Waals surface area contributed by atoms with Gasteiger partial charge in [-0.05, 0) is 48.0 Å². The standard InChI is InChI=1S/C18H17NO2/c1-19-11-16(20)14-6-2-3-7-15(14)18(19)13-9-12-5-4-8-21-17(12)10-13/h2-10,16,18,20H,11H2,1H3. The van der Waals surface area contributed by atoms with Crippen molar-refractivity contribution in [3.8, 4) is 11.3 Å². The van der Waals surface area contributed by atoms with Crippen LogP contribution in [-0.4, -0.2) is 23.6 Å². The molecule has 0 radical (unpaired) electrons. The Hall–Kier alpha value is -2.10. The molecule has 1 N–H and O–H groups in total. The molecule has 0 saturated heterocycles. The zero-order chi connectivity index (χ0) is 14.4. The summed E-state index contributed by atoms with van der Waals surface area (Å²) in [4.78, 5) is 2.20. The number of benzene rings is 1. The normalized spacial score (nSPS) is 22.4. The van der Waals surface area contributed by atoms with Gasteiger partial charge < -0.3 is 9.52 Å². The Morgan fingerprint density at radius 3 is 2.71 bits per heavy atom. The minimum Gasteiger partial charge on any atom is -0.464 e. The smallest absolute Gasteiger partial charge is 0.134 e. The molecule has 1 aromatic carbocycles. The fourth-order valence-corrected chi connectivity index (χ4v) is 3.38. The Kier molecular flexibility index (Phi) is 2.84. The van der Waals surface area contributed by atoms with E-state index in [1.165, 1.54) is 11.1 Å². The molecule has 2 unspecified atom stereocenters. The second kappa shape index (κ2) is 4.72. The molecule has 0 bridgehead atoms. The van der Waals surface area contributed by atoms with Crippen molar-refractivity contribution in [3.05, 3.63) is 71.5 Å². The molecule has 0 saturated carbocycles. The summed E-state index contributed by atoms with van der Waals surface area (Å²) in [6, 6.07) is 16.6. The van der Waals surface area contributed by atoms with Gasteiger partial charge in [-0.3, -0.25) is 4.90 Å². The minimum absolute atomic E-state index is 0.159. The highest BCUT2D eigenvalue weighted by Crippen LogP contribution is 2.40. The highest BCUT2D eigenvalue weighted by Gasteiger charge is 2.31. The Labute approximate surface area is 123 Å². The van der Waals surface area contributed by atoms with Crippen molar-refractivity contribution in [3.63, 3.8) is 0 Å². The lowest BCUT2D eigenvalue weighted by Gasteiger charge is -2.37. The molecule has 0 spiro atoms. The third-order valence-electron chi connectivity index (χ3n) is 4.32. The number of fused-ring (bicyclic) bond motifs is 2. The van der Waals surface area contributed by atoms with Crippen LogP contribution in [0.3, 0.4) is 0 Å². The summed E-state index contributed by atoms with van der Waals surface area (Å²) in [5.41, 5.74) is 4.53. The number of aliphatic hydroxyl groups excluding tert-OH is 1. The Balaban J connectivity index is 1.88. The van der Waals surface area contributed by atoms with Crippen molar-refractivity contribution in [2.75, 3.05) is 13.6 Å². The van der Waals surface area contributed by atoms with Crippen LogP contribution in [0.15, 0.2) is 59.2 Å². The highest BCUT2D eigenvalue weighted by molar-refractivity contribution is 5.64. The summed E-state index contributed by atoms with van der Waals surface area (Å²) in [7, 11) is 2.05. The molecular weight excluding hydrogens is 262 g/mol. The second-order valence-electron chi connectivity index (χ2n) is 5.71. The van der Waals surface area contributed by atoms with Crippen LogP contribution in [-0.2, 0) is 0 Å². The van der Waals surface area contributed by atoms with Crippen LogP contribution >= 0.6 is 0 Å². The van der Waals surface area contributed by atoms with Gasteiger partial charge in [0.2, 0.25) is 0 Å². The van der Waals surface area contributed by atoms with Crippen LogP contribution in [0.1, 0.15) is 28.8 Å². The molecule has 3 heteroatoms. The molecular formula is C18H17NO2. The summed E-state index contributed by atoms with van der Waals surface area (Å²) >= 11 is 0. The van der Waals surface area contributed by atoms with Crippen LogP contribution in [0.25, 0.3) is 11.3 Å². The molecule has 2 aliphatic heterocycles. The molecule has 0 amide bonds. The molecule has 4 rings (SSSR count). The lowest BCUT2D eigenvalue weighted by molar-refractivity contribution is 0.0946. The van der Waals surface area contributed by atoms with E-state index >= 15 is 0 Å². The SMILES string of the molecule is CN1CC(O)c2ccccc2C1c1cc2cccoc-2c1. The fraction of sp³-hybridized carbons (Fsp3) is 0.222. The van der Waals surface area contributed by atoms with E-state index in [1.54, 1.807) is 6.26 Å². The minimum atomic E-state index is -0.420. The lowest BCUT2D eigenvalue weighted by atomic mass is 9.88. The van der Waals surface area contributed by atoms with Gasteiger partial charge in [0.05, 0.1) is 18.4 Å². The molecule has 3 nitrogen and oxygen atoms in total. The van der Waals surface area contributed by atoms with Crippen molar-refractivity contribution in [2.24, 2.45) is 0 Å². The number of rotatable bonds is 1. The van der Waals surface area contributed by atoms with Crippen molar-refractivity contribution in [2.45, 2.75) is 12.1 Å². The fourth-order valence-electron chi connectivity index (χ4n) is 3.38. The van der Waals surface area contributed by atoms with Gasteiger partial charge >= 0.3 is 0 Å². The van der Waals surface area contributed by atoms with Gasteiger partial charge in [0.15, 0.2) is 0 Å². The van der Waals surface area contributed by atoms with Gasteiger partial charge in [0.1, 0.15) is 5.76 Å². The molecule has 1 aliphatic carbocycles. The molecule has 2 heterocycles. The van der Waals surface area contributed by atoms with Gasteiger partial charge in [0, 0.05) is 12.1 Å². The molecule has 1 aromatic rings. The van der Waals surface area contributed by atoms with Crippen LogP contribution in [0.5, 0.6) is 0 Å². The maximum Gasteiger partial charge on any atom is 0.134 e. The quantitative estimate of drug-likeness (QED) is 0.741. The number of hydrogen-bond acceptors (Lipinski definition) is 3. The van der Waals surface area contributed by atoms with E-state index in [9.17, 15) is 5.11 Å². The van der Waals surface area contributed by atoms with Crippen LogP contribution < -0.4 is 0 Å². The lowest BCUT2D eigenvalue weighted by Crippen LogP contribution is -2.35. The molecule has 106 valence electrons. The number of β-amino-alcohol motifs (C(OH)–C–C–N with tert-alkyl or cyclic N) is 1. The van der Waals surface area contributed by atoms with Gasteiger partial charge in [-0.2, -0.15) is 0 Å². The van der Waals surface area contributed by atoms with Crippen LogP contribution in [0.2, 0.25) is 0 Å². The van der Waals surface area contributed by atoms with E-state index in [1.807, 2.05) is 24.3 Å². The first-order valence-corrected chi connectivity index (χ1v) is 7.18. The third kappa shape index (κ3) is 1.97. The average Bonchev–Trinajstić information content (AvgIpc) is 2.90. The van der Waals surface area contributed by atoms with E-state index < -0.39 is 6.10 Å². The van der Waals surface area contributed by atoms with E-state index in [-0.39, 0.29) is 6.04 Å². The van der Waals surface area contributed by atoms with E-state index in [0.717, 1.165) is 16.9 Å². The van der Waals surface area contributed by atoms with Gasteiger partial charge in [-0.15, -0.1) is 0 Å². The maximum absolute atomic E-state index is 10.3. The predicted molar refractivity (Wildman–Crippen MR) is 81.2 cm³/mol. The topological polar surface area (TPSA) is 36.6 Å². The summed E-state index contributed by atoms with van der Waals surface area (Å²) in [5, 5.41) is 10.3. The molecule has 21 heavy (non-hydrogen) atoms. The van der Waals surface area contributed by atoms with E-state index in [2.05, 4.69) is 36.2 Å². The Morgan fingerprint density at radius 2 is 1.90 bits per heavy atom. The largest absolute Gasteiger partial charge is 0.464 e. The third-order valence-corrected chi connectivity index (χ3v) is 4.32. The Bertz CT molecular complexity index is 718. The first-order chi connectivity index (χ1) is 10.2. The van der Waals surface area contributed by atoms with E-state index in [0.29, 0.717) is 6.54 Å². The van der Waals surface area contributed by atoms with Crippen LogP contribution in [0, 0.1) is 0 Å². The second-order valence-corrected chi connectivity index (χ2v) is 5.71. The van der Waals surface area contributed by atoms with Crippen LogP contribution in [0.4, 0.5) is 0 Å². The Morgan fingerprint density at radius 1 is 1.10 bits per heavy atom. The molecule has 3 aliphatic rings. The average molecular weight is 279 g/mol. The number of aliphatic hydroxyl groups is 1. The predicted octanol–water partition coefficient (Wildman–Crippen LogP) is 3.45. The van der Waals surface area contributed by atoms with Gasteiger partial charge in [0.25, 0.3) is 0 Å². The zero-order valence-electron chi connectivity index (χ0n) is 11.9. The van der Waals surface area contributed by atoms with Gasteiger partial charge in [-0.25, -0.2) is 0 Å². The monoisotopic (exact) mass is 279 g/mol. The van der Waals surface area contributed by atoms with Crippen molar-refractivity contribution < 1.29 is 9.52 Å². The molecule has 0 fully saturated rings. The number of hydrogen-bond donors (Lipinski definition) is 1. The molecule has 2 atom stereocenters. The first-order valence-electron chi connectivity index (χ1n) is 7.18. The number of likely N-dealkylation sites (N-methyl/N-ethyl adjacent to an activating group) is 1. The number of nitrogens with zero attached hydrogens (tertiary/aromatic N) is 1. The highest BCUT2D eigenvalue weighted by atomic mass is 16.3. The van der Waals surface area contributed by atoms with Crippen molar-refractivity contribution >= 4 is 0 Å². The summed E-state index contributed by atoms with van der Waals surface area (Å²) in [6.07, 6.45) is 1.28. The molecule has 0 aromatic heterocycles.